The van der Waals surface area contributed by atoms with Gasteiger partial charge in [0.25, 0.3) is 6.43 Å². The third-order valence-corrected chi connectivity index (χ3v) is 2.48. The van der Waals surface area contributed by atoms with Crippen molar-refractivity contribution in [3.05, 3.63) is 10.5 Å². The lowest BCUT2D eigenvalue weighted by atomic mass is 10.6. The van der Waals surface area contributed by atoms with E-state index in [1.807, 2.05) is 0 Å². The normalized spacial score (nSPS) is 10.8. The van der Waals surface area contributed by atoms with Crippen LogP contribution >= 0.6 is 22.9 Å². The number of alkyl halides is 2. The molecular formula is C6H7ClF2N2S. The van der Waals surface area contributed by atoms with Crippen LogP contribution in [0.1, 0.15) is 0 Å². The van der Waals surface area contributed by atoms with E-state index in [0.717, 1.165) is 0 Å². The van der Waals surface area contributed by atoms with Gasteiger partial charge in [0.05, 0.1) is 6.54 Å². The number of halogens is 3. The van der Waals surface area contributed by atoms with E-state index in [4.69, 9.17) is 11.6 Å². The second-order valence-corrected chi connectivity index (χ2v) is 3.45. The fourth-order valence-corrected chi connectivity index (χ4v) is 1.63. The van der Waals surface area contributed by atoms with Crippen molar-refractivity contribution in [1.29, 1.82) is 0 Å². The summed E-state index contributed by atoms with van der Waals surface area (Å²) in [7, 11) is 1.56. The summed E-state index contributed by atoms with van der Waals surface area (Å²) in [4.78, 5) is 5.22. The molecule has 0 spiro atoms. The molecule has 2 nitrogen and oxygen atoms in total. The van der Waals surface area contributed by atoms with Gasteiger partial charge in [0.15, 0.2) is 5.13 Å². The van der Waals surface area contributed by atoms with Crippen molar-refractivity contribution in [2.45, 2.75) is 6.43 Å². The van der Waals surface area contributed by atoms with E-state index >= 15 is 0 Å². The van der Waals surface area contributed by atoms with Crippen molar-refractivity contribution in [3.63, 3.8) is 0 Å². The third kappa shape index (κ3) is 2.57. The summed E-state index contributed by atoms with van der Waals surface area (Å²) >= 11 is 6.78. The highest BCUT2D eigenvalue weighted by atomic mass is 35.5. The molecule has 0 N–H and O–H groups in total. The molecule has 0 atom stereocenters. The van der Waals surface area contributed by atoms with Crippen LogP contribution in [0.15, 0.2) is 5.38 Å². The van der Waals surface area contributed by atoms with Crippen LogP contribution in [0, 0.1) is 0 Å². The topological polar surface area (TPSA) is 16.1 Å². The van der Waals surface area contributed by atoms with E-state index in [9.17, 15) is 8.78 Å². The molecule has 0 unspecified atom stereocenters. The molecule has 68 valence electrons. The van der Waals surface area contributed by atoms with Crippen LogP contribution in [0.4, 0.5) is 13.9 Å². The fourth-order valence-electron chi connectivity index (χ4n) is 0.706. The molecule has 0 aliphatic heterocycles. The average molecular weight is 213 g/mol. The lowest BCUT2D eigenvalue weighted by Crippen LogP contribution is -2.23. The van der Waals surface area contributed by atoms with Crippen LogP contribution in [-0.2, 0) is 0 Å². The van der Waals surface area contributed by atoms with Crippen molar-refractivity contribution < 1.29 is 8.78 Å². The Morgan fingerprint density at radius 2 is 2.42 bits per heavy atom. The number of hydrogen-bond acceptors (Lipinski definition) is 3. The van der Waals surface area contributed by atoms with E-state index < -0.39 is 6.43 Å². The molecule has 0 aliphatic carbocycles. The second kappa shape index (κ2) is 4.00. The number of anilines is 1. The molecule has 0 bridgehead atoms. The maximum absolute atomic E-state index is 11.9. The van der Waals surface area contributed by atoms with E-state index in [1.54, 1.807) is 12.4 Å². The highest BCUT2D eigenvalue weighted by molar-refractivity contribution is 7.14. The first-order chi connectivity index (χ1) is 5.59. The highest BCUT2D eigenvalue weighted by Crippen LogP contribution is 2.22. The number of thiazole rings is 1. The van der Waals surface area contributed by atoms with Gasteiger partial charge in [-0.15, -0.1) is 11.3 Å². The average Bonchev–Trinajstić information content (AvgIpc) is 2.34. The van der Waals surface area contributed by atoms with Crippen molar-refractivity contribution >= 4 is 28.1 Å². The molecule has 0 aliphatic rings. The summed E-state index contributed by atoms with van der Waals surface area (Å²) in [6.07, 6.45) is -2.35. The summed E-state index contributed by atoms with van der Waals surface area (Å²) in [5.41, 5.74) is 0. The smallest absolute Gasteiger partial charge is 0.255 e. The van der Waals surface area contributed by atoms with Crippen molar-refractivity contribution in [1.82, 2.24) is 4.98 Å². The molecule has 6 heteroatoms. The van der Waals surface area contributed by atoms with Gasteiger partial charge in [-0.2, -0.15) is 0 Å². The predicted octanol–water partition coefficient (Wildman–Crippen LogP) is 2.50. The van der Waals surface area contributed by atoms with E-state index in [-0.39, 0.29) is 6.54 Å². The molecule has 0 amide bonds. The van der Waals surface area contributed by atoms with Crippen molar-refractivity contribution in [2.24, 2.45) is 0 Å². The van der Waals surface area contributed by atoms with Crippen LogP contribution in [0.3, 0.4) is 0 Å². The van der Waals surface area contributed by atoms with Gasteiger partial charge in [0, 0.05) is 12.4 Å². The zero-order valence-corrected chi connectivity index (χ0v) is 7.87. The minimum absolute atomic E-state index is 0.316. The van der Waals surface area contributed by atoms with Crippen LogP contribution in [0.2, 0.25) is 5.15 Å². The molecule has 1 rings (SSSR count). The Kier molecular flexibility index (Phi) is 3.22. The van der Waals surface area contributed by atoms with E-state index in [0.29, 0.717) is 10.3 Å². The third-order valence-electron chi connectivity index (χ3n) is 1.20. The zero-order chi connectivity index (χ0) is 9.14. The lowest BCUT2D eigenvalue weighted by Gasteiger charge is -2.13. The van der Waals surface area contributed by atoms with Crippen molar-refractivity contribution in [2.75, 3.05) is 18.5 Å². The number of hydrogen-bond donors (Lipinski definition) is 0. The van der Waals surface area contributed by atoms with Crippen molar-refractivity contribution in [3.8, 4) is 0 Å². The van der Waals surface area contributed by atoms with Gasteiger partial charge in [0.2, 0.25) is 0 Å². The molecule has 1 aromatic rings. The van der Waals surface area contributed by atoms with Gasteiger partial charge in [-0.05, 0) is 0 Å². The summed E-state index contributed by atoms with van der Waals surface area (Å²) in [6, 6.07) is 0. The van der Waals surface area contributed by atoms with E-state index in [1.165, 1.54) is 16.2 Å². The van der Waals surface area contributed by atoms with Crippen LogP contribution in [0.5, 0.6) is 0 Å². The molecule has 12 heavy (non-hydrogen) atoms. The number of aromatic nitrogens is 1. The fraction of sp³-hybridized carbons (Fsp3) is 0.500. The molecule has 0 radical (unpaired) electrons. The van der Waals surface area contributed by atoms with E-state index in [2.05, 4.69) is 4.98 Å². The Hall–Kier alpha value is -0.420. The summed E-state index contributed by atoms with van der Waals surface area (Å²) in [5, 5.41) is 2.47. The molecule has 0 saturated heterocycles. The summed E-state index contributed by atoms with van der Waals surface area (Å²) in [5.74, 6) is 0. The Morgan fingerprint density at radius 3 is 2.83 bits per heavy atom. The Balaban J connectivity index is 2.58. The summed E-state index contributed by atoms with van der Waals surface area (Å²) in [6.45, 7) is -0.316. The number of nitrogens with zero attached hydrogens (tertiary/aromatic N) is 2. The van der Waals surface area contributed by atoms with Crippen LogP contribution < -0.4 is 4.90 Å². The monoisotopic (exact) mass is 212 g/mol. The molecule has 0 fully saturated rings. The van der Waals surface area contributed by atoms with Gasteiger partial charge in [0.1, 0.15) is 5.15 Å². The zero-order valence-electron chi connectivity index (χ0n) is 6.30. The second-order valence-electron chi connectivity index (χ2n) is 2.22. The van der Waals surface area contributed by atoms with Gasteiger partial charge in [-0.25, -0.2) is 13.8 Å². The Bertz CT molecular complexity index is 253. The van der Waals surface area contributed by atoms with Gasteiger partial charge in [-0.1, -0.05) is 11.6 Å². The highest BCUT2D eigenvalue weighted by Gasteiger charge is 2.10. The molecule has 0 aromatic carbocycles. The minimum Gasteiger partial charge on any atom is -0.345 e. The predicted molar refractivity (Wildman–Crippen MR) is 46.4 cm³/mol. The maximum Gasteiger partial charge on any atom is 0.255 e. The summed E-state index contributed by atoms with van der Waals surface area (Å²) < 4.78 is 23.8. The maximum atomic E-state index is 11.9. The molecule has 1 heterocycles. The molecule has 0 saturated carbocycles. The van der Waals surface area contributed by atoms with Gasteiger partial charge >= 0.3 is 0 Å². The number of rotatable bonds is 3. The SMILES string of the molecule is CN(CC(F)F)c1nc(Cl)cs1. The first kappa shape index (κ1) is 9.67. The first-order valence-electron chi connectivity index (χ1n) is 3.20. The van der Waals surface area contributed by atoms with Crippen LogP contribution in [-0.4, -0.2) is 25.0 Å². The Morgan fingerprint density at radius 1 is 1.75 bits per heavy atom. The largest absolute Gasteiger partial charge is 0.345 e. The van der Waals surface area contributed by atoms with Gasteiger partial charge < -0.3 is 4.90 Å². The lowest BCUT2D eigenvalue weighted by molar-refractivity contribution is 0.156. The molecular weight excluding hydrogens is 206 g/mol. The van der Waals surface area contributed by atoms with Gasteiger partial charge in [-0.3, -0.25) is 0 Å². The minimum atomic E-state index is -2.35. The van der Waals surface area contributed by atoms with Crippen LogP contribution in [0.25, 0.3) is 0 Å². The first-order valence-corrected chi connectivity index (χ1v) is 4.45. The standard InChI is InChI=1S/C6H7ClF2N2S/c1-11(2-5(8)9)6-10-4(7)3-12-6/h3,5H,2H2,1H3. The Labute approximate surface area is 77.8 Å². The molecule has 1 aromatic heterocycles. The quantitative estimate of drug-likeness (QED) is 0.766.